The van der Waals surface area contributed by atoms with Gasteiger partial charge in [0.25, 0.3) is 0 Å². The maximum absolute atomic E-state index is 13.2. The van der Waals surface area contributed by atoms with Crippen LogP contribution in [0.4, 0.5) is 29.3 Å². The zero-order valence-corrected chi connectivity index (χ0v) is 17.9. The number of piperidine rings is 1. The fourth-order valence-corrected chi connectivity index (χ4v) is 2.84. The topological polar surface area (TPSA) is 62.8 Å². The van der Waals surface area contributed by atoms with Gasteiger partial charge < -0.3 is 15.0 Å². The van der Waals surface area contributed by atoms with Crippen molar-refractivity contribution in [2.45, 2.75) is 65.3 Å². The van der Waals surface area contributed by atoms with Crippen LogP contribution in [0.2, 0.25) is 0 Å². The fraction of sp³-hybridized carbons (Fsp3) is 0.650. The zero-order chi connectivity index (χ0) is 22.2. The third-order valence-corrected chi connectivity index (χ3v) is 4.05. The third-order valence-electron chi connectivity index (χ3n) is 4.05. The number of ether oxygens (including phenoxy) is 1. The van der Waals surface area contributed by atoms with Crippen LogP contribution in [0.15, 0.2) is 18.2 Å². The molecule has 1 saturated heterocycles. The highest BCUT2D eigenvalue weighted by Crippen LogP contribution is 2.37. The van der Waals surface area contributed by atoms with E-state index in [1.54, 1.807) is 31.7 Å². The molecule has 1 heterocycles. The lowest BCUT2D eigenvalue weighted by atomic mass is 10.0. The van der Waals surface area contributed by atoms with E-state index in [2.05, 4.69) is 15.6 Å². The summed E-state index contributed by atoms with van der Waals surface area (Å²) in [5.41, 5.74) is 1.11. The summed E-state index contributed by atoms with van der Waals surface area (Å²) in [6.45, 7) is 10.4. The number of nitrogens with one attached hydrogen (secondary N) is 2. The Labute approximate surface area is 170 Å². The molecule has 1 fully saturated rings. The second-order valence-electron chi connectivity index (χ2n) is 7.45. The molecule has 0 saturated carbocycles. The van der Waals surface area contributed by atoms with Gasteiger partial charge in [0.15, 0.2) is 0 Å². The summed E-state index contributed by atoms with van der Waals surface area (Å²) >= 11 is 0. The lowest BCUT2D eigenvalue weighted by Crippen LogP contribution is -2.44. The fourth-order valence-electron chi connectivity index (χ4n) is 2.84. The van der Waals surface area contributed by atoms with Crippen LogP contribution in [0.3, 0.4) is 0 Å². The number of carbonyl (C=O) groups excluding carboxylic acids is 1. The van der Waals surface area contributed by atoms with E-state index in [0.717, 1.165) is 6.07 Å². The molecule has 1 aromatic carbocycles. The third kappa shape index (κ3) is 8.00. The van der Waals surface area contributed by atoms with Gasteiger partial charge in [0.2, 0.25) is 0 Å². The molecule has 1 aromatic rings. The van der Waals surface area contributed by atoms with Crippen LogP contribution >= 0.6 is 0 Å². The molecule has 0 spiro atoms. The molecule has 29 heavy (non-hydrogen) atoms. The summed E-state index contributed by atoms with van der Waals surface area (Å²) in [5, 5.41) is 3.12. The van der Waals surface area contributed by atoms with Crippen LogP contribution in [0.5, 0.6) is 0 Å². The van der Waals surface area contributed by atoms with Gasteiger partial charge in [0, 0.05) is 24.8 Å². The Morgan fingerprint density at radius 2 is 1.72 bits per heavy atom. The van der Waals surface area contributed by atoms with Gasteiger partial charge in [-0.2, -0.15) is 13.2 Å². The van der Waals surface area contributed by atoms with Crippen molar-refractivity contribution in [3.05, 3.63) is 23.8 Å². The first-order valence-corrected chi connectivity index (χ1v) is 9.74. The maximum Gasteiger partial charge on any atom is 0.418 e. The first kappa shape index (κ1) is 24.9. The van der Waals surface area contributed by atoms with E-state index >= 15 is 0 Å². The van der Waals surface area contributed by atoms with Gasteiger partial charge in [0.1, 0.15) is 5.60 Å². The molecule has 2 N–H and O–H groups in total. The lowest BCUT2D eigenvalue weighted by Gasteiger charge is -2.34. The maximum atomic E-state index is 13.2. The summed E-state index contributed by atoms with van der Waals surface area (Å²) in [4.78, 5) is 18.3. The van der Waals surface area contributed by atoms with Gasteiger partial charge in [-0.05, 0) is 51.8 Å². The van der Waals surface area contributed by atoms with Crippen LogP contribution in [0.1, 0.15) is 53.0 Å². The Hall–Kier alpha value is -2.16. The van der Waals surface area contributed by atoms with Crippen LogP contribution in [0.25, 0.3) is 0 Å². The molecular weight excluding hydrogens is 387 g/mol. The molecule has 0 aromatic heterocycles. The summed E-state index contributed by atoms with van der Waals surface area (Å²) in [7, 11) is 1.25. The molecule has 2 rings (SSSR count). The standard InChI is InChI=1S/C18H26F3N3O3.C2H6/c1-17(2,3)27-16(25)24-9-7-12(8-10-24)22-13-5-6-15(23-26-4)14(11-13)18(19,20)21;1-2/h5-6,11-12,22-23H,7-10H2,1-4H3;1-2H3. The number of amides is 1. The number of anilines is 2. The van der Waals surface area contributed by atoms with Crippen molar-refractivity contribution in [1.82, 2.24) is 4.90 Å². The summed E-state index contributed by atoms with van der Waals surface area (Å²) in [6.07, 6.45) is -3.62. The largest absolute Gasteiger partial charge is 0.444 e. The van der Waals surface area contributed by atoms with E-state index in [1.165, 1.54) is 13.2 Å². The molecule has 9 heteroatoms. The van der Waals surface area contributed by atoms with E-state index in [1.807, 2.05) is 13.8 Å². The van der Waals surface area contributed by atoms with Crippen molar-refractivity contribution in [3.63, 3.8) is 0 Å². The molecule has 166 valence electrons. The second kappa shape index (κ2) is 10.6. The highest BCUT2D eigenvalue weighted by atomic mass is 19.4. The number of carbonyl (C=O) groups is 1. The first-order chi connectivity index (χ1) is 13.5. The van der Waals surface area contributed by atoms with Crippen molar-refractivity contribution >= 4 is 17.5 Å². The number of halogens is 3. The van der Waals surface area contributed by atoms with Gasteiger partial charge in [-0.25, -0.2) is 4.79 Å². The minimum Gasteiger partial charge on any atom is -0.444 e. The van der Waals surface area contributed by atoms with Crippen molar-refractivity contribution in [2.24, 2.45) is 0 Å². The van der Waals surface area contributed by atoms with E-state index in [-0.39, 0.29) is 17.8 Å². The molecule has 1 aliphatic heterocycles. The van der Waals surface area contributed by atoms with Gasteiger partial charge in [-0.1, -0.05) is 13.8 Å². The van der Waals surface area contributed by atoms with Gasteiger partial charge in [-0.15, -0.1) is 0 Å². The molecule has 1 aliphatic rings. The predicted octanol–water partition coefficient (Wildman–Crippen LogP) is 5.52. The van der Waals surface area contributed by atoms with E-state index in [9.17, 15) is 18.0 Å². The molecule has 0 bridgehead atoms. The quantitative estimate of drug-likeness (QED) is 0.630. The van der Waals surface area contributed by atoms with Crippen molar-refractivity contribution in [1.29, 1.82) is 0 Å². The number of rotatable bonds is 4. The van der Waals surface area contributed by atoms with Crippen LogP contribution in [0, 0.1) is 0 Å². The Morgan fingerprint density at radius 3 is 2.21 bits per heavy atom. The normalized spacial score (nSPS) is 15.3. The summed E-state index contributed by atoms with van der Waals surface area (Å²) in [6, 6.07) is 3.93. The average molecular weight is 419 g/mol. The molecule has 0 aliphatic carbocycles. The Balaban J connectivity index is 0.00000204. The van der Waals surface area contributed by atoms with Crippen molar-refractivity contribution in [2.75, 3.05) is 31.0 Å². The van der Waals surface area contributed by atoms with E-state index in [0.29, 0.717) is 31.6 Å². The van der Waals surface area contributed by atoms with Crippen LogP contribution in [-0.4, -0.2) is 42.8 Å². The van der Waals surface area contributed by atoms with E-state index in [4.69, 9.17) is 4.74 Å². The molecule has 0 atom stereocenters. The number of benzene rings is 1. The number of hydrogen-bond donors (Lipinski definition) is 2. The molecule has 1 amide bonds. The minimum atomic E-state index is -4.50. The van der Waals surface area contributed by atoms with Gasteiger partial charge >= 0.3 is 12.3 Å². The predicted molar refractivity (Wildman–Crippen MR) is 108 cm³/mol. The minimum absolute atomic E-state index is 0.0222. The van der Waals surface area contributed by atoms with E-state index < -0.39 is 17.3 Å². The Kier molecular flexibility index (Phi) is 9.07. The average Bonchev–Trinajstić information content (AvgIpc) is 2.63. The number of nitrogens with zero attached hydrogens (tertiary/aromatic N) is 1. The number of likely N-dealkylation sites (tertiary alicyclic amines) is 1. The SMILES string of the molecule is CC.CONc1ccc(NC2CCN(C(=O)OC(C)(C)C)CC2)cc1C(F)(F)F. The molecular formula is C20H32F3N3O3. The highest BCUT2D eigenvalue weighted by molar-refractivity contribution is 5.68. The van der Waals surface area contributed by atoms with Crippen molar-refractivity contribution < 1.29 is 27.5 Å². The monoisotopic (exact) mass is 419 g/mol. The number of alkyl halides is 3. The summed E-state index contributed by atoms with van der Waals surface area (Å²) in [5.74, 6) is 0. The Bertz CT molecular complexity index is 653. The first-order valence-electron chi connectivity index (χ1n) is 9.74. The van der Waals surface area contributed by atoms with Crippen LogP contribution in [-0.2, 0) is 15.8 Å². The Morgan fingerprint density at radius 1 is 1.14 bits per heavy atom. The molecule has 6 nitrogen and oxygen atoms in total. The molecule has 0 radical (unpaired) electrons. The zero-order valence-electron chi connectivity index (χ0n) is 17.9. The summed E-state index contributed by atoms with van der Waals surface area (Å²) < 4.78 is 45.0. The van der Waals surface area contributed by atoms with Crippen LogP contribution < -0.4 is 10.8 Å². The van der Waals surface area contributed by atoms with Gasteiger partial charge in [-0.3, -0.25) is 10.3 Å². The second-order valence-corrected chi connectivity index (χ2v) is 7.45. The highest BCUT2D eigenvalue weighted by Gasteiger charge is 2.34. The van der Waals surface area contributed by atoms with Crippen molar-refractivity contribution in [3.8, 4) is 0 Å². The smallest absolute Gasteiger partial charge is 0.418 e. The number of hydrogen-bond acceptors (Lipinski definition) is 5. The lowest BCUT2D eigenvalue weighted by molar-refractivity contribution is -0.137. The van der Waals surface area contributed by atoms with Gasteiger partial charge in [0.05, 0.1) is 18.4 Å². The molecule has 0 unspecified atom stereocenters.